The summed E-state index contributed by atoms with van der Waals surface area (Å²) in [6, 6.07) is 1.74. The van der Waals surface area contributed by atoms with Crippen molar-refractivity contribution >= 4 is 23.2 Å². The van der Waals surface area contributed by atoms with Gasteiger partial charge in [0.25, 0.3) is 0 Å². The van der Waals surface area contributed by atoms with Crippen molar-refractivity contribution in [3.8, 4) is 0 Å². The maximum Gasteiger partial charge on any atom is 0.132 e. The van der Waals surface area contributed by atoms with Gasteiger partial charge in [-0.25, -0.2) is 9.97 Å². The Kier molecular flexibility index (Phi) is 6.05. The van der Waals surface area contributed by atoms with Crippen LogP contribution in [0, 0.1) is 0 Å². The van der Waals surface area contributed by atoms with E-state index in [4.69, 9.17) is 23.2 Å². The van der Waals surface area contributed by atoms with Crippen molar-refractivity contribution in [1.82, 2.24) is 9.97 Å². The standard InChI is InChI=1S/C8H10Cl2N2.C2H6/c1-8(2,4-9)6-3-7(10)12-5-11-6;1-2/h3,5H,4H2,1-2H3;1-2H3. The smallest absolute Gasteiger partial charge is 0.132 e. The molecule has 0 saturated heterocycles. The van der Waals surface area contributed by atoms with E-state index in [0.29, 0.717) is 11.0 Å². The minimum absolute atomic E-state index is 0.145. The minimum Gasteiger partial charge on any atom is -0.241 e. The number of hydrogen-bond acceptors (Lipinski definition) is 2. The summed E-state index contributed by atoms with van der Waals surface area (Å²) >= 11 is 11.5. The Labute approximate surface area is 95.7 Å². The lowest BCUT2D eigenvalue weighted by atomic mass is 9.92. The SMILES string of the molecule is CC.CC(C)(CCl)c1cc(Cl)ncn1. The topological polar surface area (TPSA) is 25.8 Å². The summed E-state index contributed by atoms with van der Waals surface area (Å²) in [4.78, 5) is 7.90. The van der Waals surface area contributed by atoms with Gasteiger partial charge in [-0.3, -0.25) is 0 Å². The van der Waals surface area contributed by atoms with E-state index in [9.17, 15) is 0 Å². The molecule has 0 saturated carbocycles. The van der Waals surface area contributed by atoms with E-state index in [1.807, 2.05) is 27.7 Å². The van der Waals surface area contributed by atoms with Crippen LogP contribution in [0.2, 0.25) is 5.15 Å². The Morgan fingerprint density at radius 2 is 1.86 bits per heavy atom. The maximum atomic E-state index is 5.78. The quantitative estimate of drug-likeness (QED) is 0.577. The molecule has 14 heavy (non-hydrogen) atoms. The second-order valence-electron chi connectivity index (χ2n) is 3.24. The highest BCUT2D eigenvalue weighted by molar-refractivity contribution is 6.29. The molecule has 0 bridgehead atoms. The van der Waals surface area contributed by atoms with E-state index < -0.39 is 0 Å². The van der Waals surface area contributed by atoms with Crippen molar-refractivity contribution in [3.05, 3.63) is 23.2 Å². The molecule has 0 radical (unpaired) electrons. The lowest BCUT2D eigenvalue weighted by Crippen LogP contribution is -2.20. The molecule has 1 aromatic heterocycles. The van der Waals surface area contributed by atoms with Crippen molar-refractivity contribution in [2.45, 2.75) is 33.1 Å². The number of alkyl halides is 1. The lowest BCUT2D eigenvalue weighted by Gasteiger charge is -2.19. The molecule has 2 nitrogen and oxygen atoms in total. The van der Waals surface area contributed by atoms with E-state index >= 15 is 0 Å². The van der Waals surface area contributed by atoms with Crippen LogP contribution in [-0.2, 0) is 5.41 Å². The van der Waals surface area contributed by atoms with Gasteiger partial charge in [0.05, 0.1) is 5.69 Å². The molecule has 0 N–H and O–H groups in total. The lowest BCUT2D eigenvalue weighted by molar-refractivity contribution is 0.574. The predicted molar refractivity (Wildman–Crippen MR) is 62.1 cm³/mol. The van der Waals surface area contributed by atoms with Gasteiger partial charge in [0.1, 0.15) is 11.5 Å². The average Bonchev–Trinajstić information content (AvgIpc) is 2.21. The summed E-state index contributed by atoms with van der Waals surface area (Å²) in [5.41, 5.74) is 0.728. The number of nitrogens with zero attached hydrogens (tertiary/aromatic N) is 2. The number of rotatable bonds is 2. The van der Waals surface area contributed by atoms with Crippen molar-refractivity contribution < 1.29 is 0 Å². The van der Waals surface area contributed by atoms with Crippen molar-refractivity contribution in [3.63, 3.8) is 0 Å². The van der Waals surface area contributed by atoms with Gasteiger partial charge in [0.15, 0.2) is 0 Å². The van der Waals surface area contributed by atoms with Crippen molar-refractivity contribution in [2.75, 3.05) is 5.88 Å². The molecule has 0 aliphatic rings. The fraction of sp³-hybridized carbons (Fsp3) is 0.600. The van der Waals surface area contributed by atoms with Gasteiger partial charge < -0.3 is 0 Å². The molecule has 0 aromatic carbocycles. The summed E-state index contributed by atoms with van der Waals surface area (Å²) in [5, 5.41) is 0.457. The summed E-state index contributed by atoms with van der Waals surface area (Å²) in [5.74, 6) is 0.514. The zero-order valence-electron chi connectivity index (χ0n) is 9.01. The van der Waals surface area contributed by atoms with Crippen LogP contribution in [0.4, 0.5) is 0 Å². The van der Waals surface area contributed by atoms with E-state index in [0.717, 1.165) is 5.69 Å². The highest BCUT2D eigenvalue weighted by Crippen LogP contribution is 2.23. The third-order valence-corrected chi connectivity index (χ3v) is 2.54. The first-order chi connectivity index (χ1) is 6.56. The number of halogens is 2. The predicted octanol–water partition coefficient (Wildman–Crippen LogP) is 3.67. The van der Waals surface area contributed by atoms with Crippen LogP contribution in [0.1, 0.15) is 33.4 Å². The molecule has 1 heterocycles. The summed E-state index contributed by atoms with van der Waals surface area (Å²) in [6.07, 6.45) is 1.45. The Hall–Kier alpha value is -0.340. The molecule has 0 aliphatic heterocycles. The van der Waals surface area contributed by atoms with Crippen LogP contribution < -0.4 is 0 Å². The van der Waals surface area contributed by atoms with Gasteiger partial charge in [-0.15, -0.1) is 11.6 Å². The monoisotopic (exact) mass is 234 g/mol. The number of aromatic nitrogens is 2. The molecule has 1 aromatic rings. The Balaban J connectivity index is 0.000000791. The highest BCUT2D eigenvalue weighted by atomic mass is 35.5. The molecule has 4 heteroatoms. The van der Waals surface area contributed by atoms with Crippen LogP contribution in [-0.4, -0.2) is 15.8 Å². The molecule has 0 amide bonds. The minimum atomic E-state index is -0.145. The Morgan fingerprint density at radius 3 is 2.29 bits per heavy atom. The zero-order valence-corrected chi connectivity index (χ0v) is 10.5. The third kappa shape index (κ3) is 3.81. The van der Waals surface area contributed by atoms with Gasteiger partial charge >= 0.3 is 0 Å². The van der Waals surface area contributed by atoms with Crippen LogP contribution in [0.15, 0.2) is 12.4 Å². The fourth-order valence-electron chi connectivity index (χ4n) is 0.772. The first-order valence-electron chi connectivity index (χ1n) is 4.60. The molecule has 80 valence electrons. The second kappa shape index (κ2) is 6.20. The molecule has 0 unspecified atom stereocenters. The van der Waals surface area contributed by atoms with Crippen LogP contribution >= 0.6 is 23.2 Å². The molecular formula is C10H16Cl2N2. The Bertz CT molecular complexity index is 275. The molecule has 0 fully saturated rings. The van der Waals surface area contributed by atoms with Crippen LogP contribution in [0.5, 0.6) is 0 Å². The molecule has 0 spiro atoms. The van der Waals surface area contributed by atoms with Crippen molar-refractivity contribution in [2.24, 2.45) is 0 Å². The summed E-state index contributed by atoms with van der Waals surface area (Å²) < 4.78 is 0. The number of hydrogen-bond donors (Lipinski definition) is 0. The van der Waals surface area contributed by atoms with Gasteiger partial charge in [-0.2, -0.15) is 0 Å². The third-order valence-electron chi connectivity index (χ3n) is 1.66. The van der Waals surface area contributed by atoms with Gasteiger partial charge in [-0.05, 0) is 6.07 Å². The zero-order chi connectivity index (χ0) is 11.2. The molecule has 0 atom stereocenters. The first kappa shape index (κ1) is 13.7. The average molecular weight is 235 g/mol. The van der Waals surface area contributed by atoms with E-state index in [1.165, 1.54) is 6.33 Å². The van der Waals surface area contributed by atoms with E-state index in [1.54, 1.807) is 6.07 Å². The van der Waals surface area contributed by atoms with Gasteiger partial charge in [0, 0.05) is 11.3 Å². The molecule has 0 aliphatic carbocycles. The van der Waals surface area contributed by atoms with Gasteiger partial charge in [-0.1, -0.05) is 39.3 Å². The van der Waals surface area contributed by atoms with E-state index in [2.05, 4.69) is 9.97 Å². The van der Waals surface area contributed by atoms with Gasteiger partial charge in [0.2, 0.25) is 0 Å². The highest BCUT2D eigenvalue weighted by Gasteiger charge is 2.20. The summed E-state index contributed by atoms with van der Waals surface area (Å²) in [7, 11) is 0. The van der Waals surface area contributed by atoms with Crippen molar-refractivity contribution in [1.29, 1.82) is 0 Å². The fourth-order valence-corrected chi connectivity index (χ4v) is 1.06. The normalized spacial score (nSPS) is 10.4. The largest absolute Gasteiger partial charge is 0.241 e. The van der Waals surface area contributed by atoms with Crippen LogP contribution in [0.3, 0.4) is 0 Å². The molecule has 1 rings (SSSR count). The second-order valence-corrected chi connectivity index (χ2v) is 3.90. The Morgan fingerprint density at radius 1 is 1.29 bits per heavy atom. The van der Waals surface area contributed by atoms with E-state index in [-0.39, 0.29) is 5.41 Å². The van der Waals surface area contributed by atoms with Crippen LogP contribution in [0.25, 0.3) is 0 Å². The molecular weight excluding hydrogens is 219 g/mol. The first-order valence-corrected chi connectivity index (χ1v) is 5.51. The maximum absolute atomic E-state index is 5.78. The summed E-state index contributed by atoms with van der Waals surface area (Å²) in [6.45, 7) is 8.03.